The standard InChI is InChI=1S/C25H37NO4S.C24H35NO4S.C17H25NO3S.C12H13BrO2S.C6H4Br2O2S/c1-8-19(16-29-6)26(23(27)18-11-9-17(2)10-12-18)21-15-20(13-14-25(3,4)5)31-22(21)24(28)30-7;1-7-18(15-29-6)25(22(26)17-10-8-16(2)9-11-17)20-14-19(12-13-24(3,4)5)30-21(20)23(27)28;1-7-12(11-20-5)18-14-10-13(8-9-17(2,3)4)22-15(14)16(19)21-6;1-12(2,3)6-5-8-7-9(13)10(16-8)11(14)15-4;1-10-6(9)5-3(7)2-4(8)11-5/h15,17-19H,8-12,16H2,1-7H3;14,16-18H,7-11,15H2,1-6H3,(H,27,28);10,12,18H,7,11H2,1-6H3;7H,1-4H3;2H,1H3. The van der Waals surface area contributed by atoms with E-state index < -0.39 is 11.9 Å². The number of carboxylic acid groups (broad SMARTS) is 1. The van der Waals surface area contributed by atoms with E-state index in [4.69, 9.17) is 23.7 Å². The molecule has 0 aliphatic heterocycles. The van der Waals surface area contributed by atoms with Gasteiger partial charge in [-0.2, -0.15) is 0 Å². The summed E-state index contributed by atoms with van der Waals surface area (Å²) in [6.07, 6.45) is 9.94. The molecule has 2 saturated carbocycles. The molecule has 18 nitrogen and oxygen atoms in total. The van der Waals surface area contributed by atoms with E-state index in [0.717, 1.165) is 109 Å². The minimum Gasteiger partial charge on any atom is -0.477 e. The zero-order chi connectivity index (χ0) is 83.2. The number of halogens is 3. The van der Waals surface area contributed by atoms with E-state index in [9.17, 15) is 38.7 Å². The highest BCUT2D eigenvalue weighted by Crippen LogP contribution is 2.40. The fourth-order valence-corrected chi connectivity index (χ4v) is 17.7. The molecule has 5 aromatic heterocycles. The number of methoxy groups -OCH3 is 7. The van der Waals surface area contributed by atoms with Crippen LogP contribution in [0.25, 0.3) is 0 Å². The van der Waals surface area contributed by atoms with E-state index in [1.165, 1.54) is 73.8 Å². The van der Waals surface area contributed by atoms with E-state index in [1.54, 1.807) is 37.2 Å². The van der Waals surface area contributed by atoms with Crippen molar-refractivity contribution < 1.29 is 71.8 Å². The van der Waals surface area contributed by atoms with Crippen LogP contribution in [-0.4, -0.2) is 134 Å². The van der Waals surface area contributed by atoms with Crippen molar-refractivity contribution in [1.29, 1.82) is 0 Å². The number of hydrogen-bond donors (Lipinski definition) is 2. The highest BCUT2D eigenvalue weighted by atomic mass is 79.9. The maximum Gasteiger partial charge on any atom is 0.350 e. The molecule has 26 heteroatoms. The summed E-state index contributed by atoms with van der Waals surface area (Å²) in [5, 5.41) is 13.2. The number of amides is 2. The predicted octanol–water partition coefficient (Wildman–Crippen LogP) is 21.5. The lowest BCUT2D eigenvalue weighted by molar-refractivity contribution is -0.125. The summed E-state index contributed by atoms with van der Waals surface area (Å²) in [7, 11) is 10.4. The topological polar surface area (TPSA) is 223 Å². The molecule has 3 atom stereocenters. The van der Waals surface area contributed by atoms with Crippen molar-refractivity contribution in [3.63, 3.8) is 0 Å². The van der Waals surface area contributed by atoms with E-state index in [-0.39, 0.29) is 86.2 Å². The van der Waals surface area contributed by atoms with Gasteiger partial charge in [0.1, 0.15) is 24.4 Å². The van der Waals surface area contributed by atoms with Gasteiger partial charge in [0.05, 0.1) is 101 Å². The molecule has 110 heavy (non-hydrogen) atoms. The third-order valence-electron chi connectivity index (χ3n) is 16.8. The summed E-state index contributed by atoms with van der Waals surface area (Å²) < 4.78 is 37.6. The third-order valence-corrected chi connectivity index (χ3v) is 24.3. The maximum absolute atomic E-state index is 13.8. The van der Waals surface area contributed by atoms with Gasteiger partial charge in [-0.05, 0) is 244 Å². The average molecular weight is 1810 g/mol. The van der Waals surface area contributed by atoms with Crippen molar-refractivity contribution in [2.45, 2.75) is 206 Å². The van der Waals surface area contributed by atoms with Crippen LogP contribution >= 0.6 is 104 Å². The first-order valence-electron chi connectivity index (χ1n) is 36.7. The molecule has 2 aliphatic rings. The molecule has 7 rings (SSSR count). The lowest BCUT2D eigenvalue weighted by Gasteiger charge is -2.35. The maximum atomic E-state index is 13.8. The number of carboxylic acids is 1. The first-order valence-corrected chi connectivity index (χ1v) is 43.2. The largest absolute Gasteiger partial charge is 0.477 e. The Kier molecular flexibility index (Phi) is 42.1. The molecule has 0 saturated heterocycles. The third kappa shape index (κ3) is 33.3. The first-order chi connectivity index (χ1) is 51.5. The minimum absolute atomic E-state index is 0.0152. The molecule has 606 valence electrons. The molecule has 2 fully saturated rings. The van der Waals surface area contributed by atoms with E-state index >= 15 is 0 Å². The number of carbonyl (C=O) groups excluding carboxylic acids is 6. The SMILES string of the molecule is CCC(COC)N(C(=O)C1CCC(C)CC1)c1cc(C#CC(C)(C)C)sc1C(=O)O.CCC(COC)N(C(=O)C1CCC(C)CC1)c1cc(C#CC(C)(C)C)sc1C(=O)OC.CCC(COC)Nc1cc(C#CC(C)(C)C)sc1C(=O)OC.COC(=O)c1sc(Br)cc1Br.COC(=O)c1sc(C#CC(C)(C)C)cc1Br. The van der Waals surface area contributed by atoms with Gasteiger partial charge in [-0.15, -0.1) is 56.7 Å². The second-order valence-electron chi connectivity index (χ2n) is 30.9. The van der Waals surface area contributed by atoms with Crippen LogP contribution in [0.15, 0.2) is 43.1 Å². The summed E-state index contributed by atoms with van der Waals surface area (Å²) in [5.74, 6) is 24.0. The number of nitrogens with one attached hydrogen (secondary N) is 1. The van der Waals surface area contributed by atoms with E-state index in [1.807, 2.05) is 100 Å². The molecule has 2 N–H and O–H groups in total. The highest BCUT2D eigenvalue weighted by Gasteiger charge is 2.38. The number of carbonyl (C=O) groups is 7. The fourth-order valence-electron chi connectivity index (χ4n) is 10.9. The molecule has 2 aliphatic carbocycles. The van der Waals surface area contributed by atoms with Crippen molar-refractivity contribution in [3.8, 4) is 47.4 Å². The molecule has 0 spiro atoms. The van der Waals surface area contributed by atoms with Crippen LogP contribution in [0.4, 0.5) is 17.1 Å². The van der Waals surface area contributed by atoms with Crippen molar-refractivity contribution >= 4 is 163 Å². The molecule has 3 unspecified atom stereocenters. The number of hydrogen-bond acceptors (Lipinski definition) is 20. The summed E-state index contributed by atoms with van der Waals surface area (Å²) in [6.45, 7) is 36.4. The zero-order valence-electron chi connectivity index (χ0n) is 68.6. The highest BCUT2D eigenvalue weighted by molar-refractivity contribution is 9.11. The Morgan fingerprint density at radius 1 is 0.445 bits per heavy atom. The number of nitrogens with zero attached hydrogens (tertiary/aromatic N) is 2. The Balaban J connectivity index is 0.000000371. The fraction of sp³-hybridized carbons (Fsp3) is 0.583. The van der Waals surface area contributed by atoms with E-state index in [2.05, 4.69) is 151 Å². The number of esters is 4. The van der Waals surface area contributed by atoms with Crippen LogP contribution in [0.1, 0.15) is 256 Å². The van der Waals surface area contributed by atoms with Crippen LogP contribution in [-0.2, 0) is 42.7 Å². The van der Waals surface area contributed by atoms with Gasteiger partial charge in [0.2, 0.25) is 11.8 Å². The van der Waals surface area contributed by atoms with Gasteiger partial charge in [-0.25, -0.2) is 24.0 Å². The summed E-state index contributed by atoms with van der Waals surface area (Å²) in [6, 6.07) is 8.99. The molecular weight excluding hydrogens is 1690 g/mol. The summed E-state index contributed by atoms with van der Waals surface area (Å²) in [5.41, 5.74) is 1.35. The minimum atomic E-state index is -1.03. The second-order valence-corrected chi connectivity index (χ2v) is 39.2. The lowest BCUT2D eigenvalue weighted by atomic mass is 9.82. The van der Waals surface area contributed by atoms with Gasteiger partial charge in [-0.1, -0.05) is 82.0 Å². The second kappa shape index (κ2) is 47.1. The Hall–Kier alpha value is -5.85. The summed E-state index contributed by atoms with van der Waals surface area (Å²) >= 11 is 16.3. The van der Waals surface area contributed by atoms with Crippen molar-refractivity contribution in [3.05, 3.63) is 87.0 Å². The molecule has 0 aromatic carbocycles. The normalized spacial score (nSPS) is 16.1. The monoisotopic (exact) mass is 1800 g/mol. The molecule has 5 aromatic rings. The van der Waals surface area contributed by atoms with Crippen LogP contribution < -0.4 is 15.1 Å². The number of thiophene rings is 5. The first kappa shape index (κ1) is 98.3. The zero-order valence-corrected chi connectivity index (χ0v) is 77.4. The Morgan fingerprint density at radius 2 is 0.764 bits per heavy atom. The Morgan fingerprint density at radius 3 is 1.10 bits per heavy atom. The number of anilines is 3. The Labute approximate surface area is 700 Å². The predicted molar refractivity (Wildman–Crippen MR) is 461 cm³/mol. The lowest BCUT2D eigenvalue weighted by Crippen LogP contribution is -2.46. The quantitative estimate of drug-likeness (QED) is 0.0373. The van der Waals surface area contributed by atoms with E-state index in [0.29, 0.717) is 73.8 Å². The molecule has 0 radical (unpaired) electrons. The van der Waals surface area contributed by atoms with Gasteiger partial charge >= 0.3 is 29.8 Å². The van der Waals surface area contributed by atoms with Crippen LogP contribution in [0.5, 0.6) is 0 Å². The number of aromatic carboxylic acids is 1. The number of ether oxygens (including phenoxy) is 7. The van der Waals surface area contributed by atoms with Crippen LogP contribution in [0.2, 0.25) is 0 Å². The molecule has 2 amide bonds. The van der Waals surface area contributed by atoms with Gasteiger partial charge in [0, 0.05) is 69.8 Å². The van der Waals surface area contributed by atoms with Gasteiger partial charge in [0.15, 0.2) is 0 Å². The van der Waals surface area contributed by atoms with Gasteiger partial charge < -0.3 is 53.4 Å². The number of rotatable bonds is 22. The molecule has 0 bridgehead atoms. The molecular formula is C84H114Br3N3O15S5. The van der Waals surface area contributed by atoms with Crippen LogP contribution in [0.3, 0.4) is 0 Å². The van der Waals surface area contributed by atoms with Crippen molar-refractivity contribution in [1.82, 2.24) is 0 Å². The van der Waals surface area contributed by atoms with Gasteiger partial charge in [0.25, 0.3) is 0 Å². The van der Waals surface area contributed by atoms with Crippen molar-refractivity contribution in [2.24, 2.45) is 45.3 Å². The molecule has 5 heterocycles. The smallest absolute Gasteiger partial charge is 0.350 e. The Bertz CT molecular complexity index is 4110. The van der Waals surface area contributed by atoms with Crippen LogP contribution in [0, 0.1) is 92.7 Å². The summed E-state index contributed by atoms with van der Waals surface area (Å²) in [4.78, 5) is 95.3. The van der Waals surface area contributed by atoms with Crippen molar-refractivity contribution in [2.75, 3.05) is 84.7 Å². The van der Waals surface area contributed by atoms with Gasteiger partial charge in [-0.3, -0.25) is 9.59 Å². The average Bonchev–Trinajstić information content (AvgIpc) is 1.55.